The van der Waals surface area contributed by atoms with Gasteiger partial charge in [0, 0.05) is 13.1 Å². The van der Waals surface area contributed by atoms with Gasteiger partial charge in [-0.2, -0.15) is 5.10 Å². The summed E-state index contributed by atoms with van der Waals surface area (Å²) in [6.07, 6.45) is 1.54. The summed E-state index contributed by atoms with van der Waals surface area (Å²) in [5.74, 6) is 0.648. The van der Waals surface area contributed by atoms with Gasteiger partial charge in [0.05, 0.1) is 24.1 Å². The Morgan fingerprint density at radius 3 is 3.12 bits per heavy atom. The van der Waals surface area contributed by atoms with Gasteiger partial charge in [-0.05, 0) is 38.8 Å². The zero-order valence-corrected chi connectivity index (χ0v) is 11.1. The van der Waals surface area contributed by atoms with Crippen LogP contribution in [0.1, 0.15) is 31.7 Å². The second kappa shape index (κ2) is 5.65. The molecule has 0 aliphatic carbocycles. The van der Waals surface area contributed by atoms with Crippen molar-refractivity contribution in [3.63, 3.8) is 0 Å². The number of rotatable bonds is 4. The van der Waals surface area contributed by atoms with E-state index in [2.05, 4.69) is 30.3 Å². The zero-order valence-electron chi connectivity index (χ0n) is 11.1. The molecular formula is C13H23N3O. The van der Waals surface area contributed by atoms with E-state index < -0.39 is 0 Å². The van der Waals surface area contributed by atoms with E-state index in [0.29, 0.717) is 18.6 Å². The zero-order chi connectivity index (χ0) is 12.3. The quantitative estimate of drug-likeness (QED) is 0.866. The van der Waals surface area contributed by atoms with E-state index in [-0.39, 0.29) is 0 Å². The number of piperidine rings is 1. The van der Waals surface area contributed by atoms with Crippen molar-refractivity contribution in [2.45, 2.75) is 46.4 Å². The molecule has 2 atom stereocenters. The molecule has 0 spiro atoms. The van der Waals surface area contributed by atoms with E-state index in [0.717, 1.165) is 25.3 Å². The number of hydrogen-bond acceptors (Lipinski definition) is 3. The summed E-state index contributed by atoms with van der Waals surface area (Å²) in [4.78, 5) is 0. The van der Waals surface area contributed by atoms with Gasteiger partial charge in [-0.3, -0.25) is 4.68 Å². The van der Waals surface area contributed by atoms with Crippen LogP contribution in [0.2, 0.25) is 0 Å². The van der Waals surface area contributed by atoms with Gasteiger partial charge in [0.15, 0.2) is 0 Å². The monoisotopic (exact) mass is 237 g/mol. The van der Waals surface area contributed by atoms with Crippen LogP contribution >= 0.6 is 0 Å². The van der Waals surface area contributed by atoms with Crippen molar-refractivity contribution in [3.8, 4) is 0 Å². The summed E-state index contributed by atoms with van der Waals surface area (Å²) in [5, 5.41) is 7.82. The highest BCUT2D eigenvalue weighted by molar-refractivity contribution is 5.07. The average molecular weight is 237 g/mol. The highest BCUT2D eigenvalue weighted by Gasteiger charge is 2.21. The van der Waals surface area contributed by atoms with Gasteiger partial charge in [0.25, 0.3) is 0 Å². The largest absolute Gasteiger partial charge is 0.370 e. The molecule has 2 rings (SSSR count). The topological polar surface area (TPSA) is 39.1 Å². The molecule has 0 bridgehead atoms. The first-order valence-electron chi connectivity index (χ1n) is 6.56. The lowest BCUT2D eigenvalue weighted by atomic mass is 9.97. The first-order valence-corrected chi connectivity index (χ1v) is 6.56. The van der Waals surface area contributed by atoms with Gasteiger partial charge in [0.1, 0.15) is 0 Å². The molecule has 4 nitrogen and oxygen atoms in total. The molecule has 0 radical (unpaired) electrons. The average Bonchev–Trinajstić information content (AvgIpc) is 2.69. The first-order chi connectivity index (χ1) is 8.20. The molecule has 1 aromatic heterocycles. The summed E-state index contributed by atoms with van der Waals surface area (Å²) < 4.78 is 8.04. The van der Waals surface area contributed by atoms with E-state index in [1.807, 2.05) is 11.6 Å². The summed E-state index contributed by atoms with van der Waals surface area (Å²) >= 11 is 0. The molecule has 2 heterocycles. The lowest BCUT2D eigenvalue weighted by Gasteiger charge is -2.29. The summed E-state index contributed by atoms with van der Waals surface area (Å²) in [6, 6.07) is 2.12. The van der Waals surface area contributed by atoms with Crippen LogP contribution in [0.3, 0.4) is 0 Å². The number of aryl methyl sites for hydroxylation is 2. The Hall–Kier alpha value is -0.870. The third-order valence-electron chi connectivity index (χ3n) is 3.49. The van der Waals surface area contributed by atoms with Gasteiger partial charge in [-0.15, -0.1) is 0 Å². The van der Waals surface area contributed by atoms with Crippen LogP contribution in [0.5, 0.6) is 0 Å². The van der Waals surface area contributed by atoms with Crippen molar-refractivity contribution in [1.82, 2.24) is 15.1 Å². The molecule has 96 valence electrons. The van der Waals surface area contributed by atoms with Crippen LogP contribution in [0.25, 0.3) is 0 Å². The van der Waals surface area contributed by atoms with Crippen LogP contribution in [0, 0.1) is 12.8 Å². The second-order valence-electron chi connectivity index (χ2n) is 4.91. The number of aromatic nitrogens is 2. The van der Waals surface area contributed by atoms with E-state index in [1.54, 1.807) is 0 Å². The van der Waals surface area contributed by atoms with Gasteiger partial charge in [-0.25, -0.2) is 0 Å². The maximum atomic E-state index is 6.01. The van der Waals surface area contributed by atoms with Crippen molar-refractivity contribution in [2.75, 3.05) is 13.1 Å². The van der Waals surface area contributed by atoms with E-state index in [4.69, 9.17) is 4.74 Å². The van der Waals surface area contributed by atoms with Crippen LogP contribution in [0.4, 0.5) is 0 Å². The van der Waals surface area contributed by atoms with Crippen LogP contribution in [0.15, 0.2) is 6.07 Å². The maximum absolute atomic E-state index is 6.01. The number of nitrogens with zero attached hydrogens (tertiary/aromatic N) is 2. The smallest absolute Gasteiger partial charge is 0.0889 e. The maximum Gasteiger partial charge on any atom is 0.0889 e. The Balaban J connectivity index is 1.92. The Bertz CT molecular complexity index is 362. The third kappa shape index (κ3) is 3.07. The van der Waals surface area contributed by atoms with Gasteiger partial charge >= 0.3 is 0 Å². The normalized spacial score (nSPS) is 25.1. The SMILES string of the molecule is CCn1nc(C)cc1COC1CNCCC1C. The summed E-state index contributed by atoms with van der Waals surface area (Å²) in [7, 11) is 0. The molecule has 0 saturated carbocycles. The fourth-order valence-corrected chi connectivity index (χ4v) is 2.37. The number of nitrogens with one attached hydrogen (secondary N) is 1. The number of hydrogen-bond donors (Lipinski definition) is 1. The standard InChI is InChI=1S/C13H23N3O/c1-4-16-12(7-11(3)15-16)9-17-13-8-14-6-5-10(13)2/h7,10,13-14H,4-6,8-9H2,1-3H3. The van der Waals surface area contributed by atoms with Gasteiger partial charge in [-0.1, -0.05) is 6.92 Å². The molecular weight excluding hydrogens is 214 g/mol. The van der Waals surface area contributed by atoms with Gasteiger partial charge < -0.3 is 10.1 Å². The highest BCUT2D eigenvalue weighted by atomic mass is 16.5. The van der Waals surface area contributed by atoms with Crippen molar-refractivity contribution in [2.24, 2.45) is 5.92 Å². The highest BCUT2D eigenvalue weighted by Crippen LogP contribution is 2.16. The van der Waals surface area contributed by atoms with Crippen molar-refractivity contribution >= 4 is 0 Å². The van der Waals surface area contributed by atoms with Gasteiger partial charge in [0.2, 0.25) is 0 Å². The predicted octanol–water partition coefficient (Wildman–Crippen LogP) is 1.73. The fraction of sp³-hybridized carbons (Fsp3) is 0.769. The molecule has 1 aromatic rings. The molecule has 2 unspecified atom stereocenters. The minimum Gasteiger partial charge on any atom is -0.370 e. The Morgan fingerprint density at radius 2 is 2.41 bits per heavy atom. The molecule has 0 amide bonds. The minimum atomic E-state index is 0.337. The molecule has 1 aliphatic heterocycles. The molecule has 1 saturated heterocycles. The van der Waals surface area contributed by atoms with E-state index in [9.17, 15) is 0 Å². The summed E-state index contributed by atoms with van der Waals surface area (Å²) in [6.45, 7) is 10.1. The van der Waals surface area contributed by atoms with Crippen LogP contribution in [-0.2, 0) is 17.9 Å². The third-order valence-corrected chi connectivity index (χ3v) is 3.49. The predicted molar refractivity (Wildman–Crippen MR) is 67.9 cm³/mol. The Labute approximate surface area is 103 Å². The Morgan fingerprint density at radius 1 is 1.59 bits per heavy atom. The molecule has 1 N–H and O–H groups in total. The lowest BCUT2D eigenvalue weighted by molar-refractivity contribution is -0.00936. The van der Waals surface area contributed by atoms with E-state index >= 15 is 0 Å². The van der Waals surface area contributed by atoms with Crippen molar-refractivity contribution in [3.05, 3.63) is 17.5 Å². The minimum absolute atomic E-state index is 0.337. The molecule has 1 fully saturated rings. The Kier molecular flexibility index (Phi) is 4.18. The molecule has 4 heteroatoms. The van der Waals surface area contributed by atoms with Crippen LogP contribution in [-0.4, -0.2) is 29.0 Å². The lowest BCUT2D eigenvalue weighted by Crippen LogP contribution is -2.41. The van der Waals surface area contributed by atoms with Crippen molar-refractivity contribution in [1.29, 1.82) is 0 Å². The first kappa shape index (κ1) is 12.6. The van der Waals surface area contributed by atoms with E-state index in [1.165, 1.54) is 12.1 Å². The fourth-order valence-electron chi connectivity index (χ4n) is 2.37. The molecule has 17 heavy (non-hydrogen) atoms. The summed E-state index contributed by atoms with van der Waals surface area (Å²) in [5.41, 5.74) is 2.25. The second-order valence-corrected chi connectivity index (χ2v) is 4.91. The van der Waals surface area contributed by atoms with Crippen molar-refractivity contribution < 1.29 is 4.74 Å². The number of ether oxygens (including phenoxy) is 1. The molecule has 1 aliphatic rings. The van der Waals surface area contributed by atoms with Crippen LogP contribution < -0.4 is 5.32 Å². The molecule has 0 aromatic carbocycles.